The van der Waals surface area contributed by atoms with Gasteiger partial charge in [-0.05, 0) is 164 Å². The van der Waals surface area contributed by atoms with Gasteiger partial charge < -0.3 is 48.0 Å². The molecule has 2 aliphatic rings. The van der Waals surface area contributed by atoms with Crippen LogP contribution in [-0.2, 0) is 67.8 Å². The summed E-state index contributed by atoms with van der Waals surface area (Å²) >= 11 is 0. The summed E-state index contributed by atoms with van der Waals surface area (Å²) in [4.78, 5) is 71.6. The van der Waals surface area contributed by atoms with Gasteiger partial charge in [-0.1, -0.05) is 96.2 Å². The van der Waals surface area contributed by atoms with E-state index in [1.165, 1.54) is 59.6 Å². The van der Waals surface area contributed by atoms with Crippen LogP contribution in [0, 0.1) is 0 Å². The van der Waals surface area contributed by atoms with Gasteiger partial charge in [0.2, 0.25) is 0 Å². The molecule has 99 heavy (non-hydrogen) atoms. The molecule has 6 aromatic rings. The molecule has 2 aromatic heterocycles. The van der Waals surface area contributed by atoms with E-state index in [0.717, 1.165) is 97.0 Å². The minimum Gasteiger partial charge on any atom is -0.481 e. The number of nitrogens with one attached hydrogen (secondary N) is 2. The van der Waals surface area contributed by atoms with E-state index in [-0.39, 0.29) is 58.1 Å². The Kier molecular flexibility index (Phi) is 32.0. The Labute approximate surface area is 585 Å². The van der Waals surface area contributed by atoms with Crippen molar-refractivity contribution < 1.29 is 79.1 Å². The van der Waals surface area contributed by atoms with Gasteiger partial charge in [-0.15, -0.1) is 0 Å². The Morgan fingerprint density at radius 1 is 0.576 bits per heavy atom. The number of carboxylic acids is 1. The Morgan fingerprint density at radius 3 is 1.45 bits per heavy atom. The summed E-state index contributed by atoms with van der Waals surface area (Å²) in [5.74, 6) is -1.02. The maximum Gasteiger partial charge on any atom is 0.407 e. The van der Waals surface area contributed by atoms with Crippen molar-refractivity contribution in [2.24, 2.45) is 19.2 Å². The molecule has 0 aliphatic heterocycles. The molecule has 0 radical (unpaired) electrons. The molecule has 0 spiro atoms. The van der Waals surface area contributed by atoms with E-state index >= 15 is 0 Å². The molecule has 5 N–H and O–H groups in total. The summed E-state index contributed by atoms with van der Waals surface area (Å²) in [5, 5.41) is 19.1. The molecular formula is C73H107N7O17S2. The van der Waals surface area contributed by atoms with E-state index in [2.05, 4.69) is 14.6 Å². The largest absolute Gasteiger partial charge is 0.481 e. The standard InChI is InChI=1S/C36H49N3O8S.C25H27NO5.C10H23N3O4S.2CH4/c1-36(2,3)47-31(40)19-11-8-14-22-38(4)48(43,44)37-35(42)26-20-21-27-29(23-26)39(5)34(33(27)25-15-9-7-10-16-25)28-17-12-13-18-30(28)46-24-32(41)45-6;1-26-20-14-17(25(28)29)12-13-18(20)23(16-8-4-3-5-9-16)24(26)19-10-6-7-11-21(19)31-15-22(27)30-2;1-10(2,3)17-9(14)12-7-5-6-8-13(4)18(11,15)16;;/h12-13,17-18,20-21,23,25H,7-11,14-16,19,22,24H2,1-6H3,(H,37,42);6-7,10-14,16H,3-5,8-9,15H2,1-2H3,(H,28,29);5-8H2,1-4H3,(H,12,14)(H2,11,15,16);2*1H4. The lowest BCUT2D eigenvalue weighted by atomic mass is 9.81. The predicted molar refractivity (Wildman–Crippen MR) is 386 cm³/mol. The first-order chi connectivity index (χ1) is 45.7. The van der Waals surface area contributed by atoms with Crippen LogP contribution in [0.25, 0.3) is 44.3 Å². The number of carboxylic acid groups (broad SMARTS) is 1. The third-order valence-corrected chi connectivity index (χ3v) is 19.4. The van der Waals surface area contributed by atoms with E-state index in [4.69, 9.17) is 33.6 Å². The lowest BCUT2D eigenvalue weighted by Crippen LogP contribution is -2.41. The van der Waals surface area contributed by atoms with Crippen molar-refractivity contribution in [3.05, 3.63) is 107 Å². The SMILES string of the molecule is C.C.CN(CCCCNC(=O)OC(C)(C)C)S(N)(=O)=O.COC(=O)COc1ccccc1-c1c(C2CCCCC2)c2ccc(C(=O)NS(=O)(=O)N(C)CCCCCC(=O)OC(C)(C)C)cc2n1C.COC(=O)COc1ccccc1-c1c(C2CCCCC2)c2ccc(C(=O)O)cc2n1C. The molecule has 24 nitrogen and oxygen atoms in total. The van der Waals surface area contributed by atoms with Crippen molar-refractivity contribution >= 4 is 78.1 Å². The highest BCUT2D eigenvalue weighted by atomic mass is 32.2. The summed E-state index contributed by atoms with van der Waals surface area (Å²) in [6.07, 6.45) is 14.2. The molecule has 0 unspecified atom stereocenters. The first-order valence-electron chi connectivity index (χ1n) is 33.0. The number of nitrogens with zero attached hydrogens (tertiary/aromatic N) is 4. The number of para-hydroxylation sites is 2. The van der Waals surface area contributed by atoms with Crippen LogP contribution < -0.4 is 24.7 Å². The number of rotatable bonds is 26. The third-order valence-electron chi connectivity index (χ3n) is 16.9. The van der Waals surface area contributed by atoms with Gasteiger partial charge in [0, 0.05) is 92.7 Å². The molecule has 2 fully saturated rings. The first-order valence-corrected chi connectivity index (χ1v) is 36.0. The fourth-order valence-electron chi connectivity index (χ4n) is 12.1. The van der Waals surface area contributed by atoms with Crippen LogP contribution in [0.2, 0.25) is 0 Å². The van der Waals surface area contributed by atoms with E-state index in [9.17, 15) is 50.7 Å². The summed E-state index contributed by atoms with van der Waals surface area (Å²) in [6.45, 7) is 11.4. The van der Waals surface area contributed by atoms with Gasteiger partial charge in [0.1, 0.15) is 22.7 Å². The lowest BCUT2D eigenvalue weighted by molar-refractivity contribution is -0.155. The monoisotopic (exact) mass is 1420 g/mol. The lowest BCUT2D eigenvalue weighted by Gasteiger charge is -2.24. The minimum atomic E-state index is -4.10. The Balaban J connectivity index is 0.000000349. The van der Waals surface area contributed by atoms with Crippen LogP contribution in [0.4, 0.5) is 4.79 Å². The van der Waals surface area contributed by atoms with Crippen LogP contribution in [0.5, 0.6) is 11.5 Å². The summed E-state index contributed by atoms with van der Waals surface area (Å²) in [5.41, 5.74) is 7.17. The second kappa shape index (κ2) is 38.0. The van der Waals surface area contributed by atoms with Gasteiger partial charge in [-0.2, -0.15) is 25.4 Å². The number of carbonyl (C=O) groups excluding carboxylic acids is 5. The zero-order chi connectivity index (χ0) is 71.4. The quantitative estimate of drug-likeness (QED) is 0.0223. The summed E-state index contributed by atoms with van der Waals surface area (Å²) in [7, 11) is 1.67. The van der Waals surface area contributed by atoms with Crippen molar-refractivity contribution in [2.75, 3.05) is 61.2 Å². The number of benzene rings is 4. The normalized spacial score (nSPS) is 13.7. The first kappa shape index (κ1) is 83.4. The van der Waals surface area contributed by atoms with Crippen LogP contribution in [-0.4, -0.2) is 148 Å². The van der Waals surface area contributed by atoms with Crippen molar-refractivity contribution in [3.8, 4) is 34.0 Å². The number of aromatic nitrogens is 2. The molecule has 8 rings (SSSR count). The van der Waals surface area contributed by atoms with Crippen molar-refractivity contribution in [2.45, 2.75) is 182 Å². The molecule has 0 bridgehead atoms. The van der Waals surface area contributed by atoms with Crippen molar-refractivity contribution in [1.82, 2.24) is 27.8 Å². The molecule has 548 valence electrons. The van der Waals surface area contributed by atoms with E-state index in [1.807, 2.05) is 100 Å². The number of unbranched alkanes of at least 4 members (excludes halogenated alkanes) is 3. The zero-order valence-electron chi connectivity index (χ0n) is 58.2. The molecule has 2 heterocycles. The highest BCUT2D eigenvalue weighted by Gasteiger charge is 2.31. The Hall–Kier alpha value is -8.04. The average molecular weight is 1420 g/mol. The number of aryl methyl sites for hydroxylation is 2. The number of fused-ring (bicyclic) bond motifs is 2. The number of methoxy groups -OCH3 is 2. The van der Waals surface area contributed by atoms with Gasteiger partial charge in [-0.25, -0.2) is 29.0 Å². The van der Waals surface area contributed by atoms with E-state index in [0.29, 0.717) is 68.5 Å². The number of aromatic carboxylic acids is 1. The maximum absolute atomic E-state index is 13.3. The minimum absolute atomic E-state index is 0. The number of alkyl carbamates (subject to hydrolysis) is 1. The predicted octanol–water partition coefficient (Wildman–Crippen LogP) is 13.1. The topological polar surface area (TPSA) is 313 Å². The van der Waals surface area contributed by atoms with Gasteiger partial charge in [-0.3, -0.25) is 9.59 Å². The van der Waals surface area contributed by atoms with Gasteiger partial charge in [0.15, 0.2) is 13.2 Å². The number of hydrogen-bond acceptors (Lipinski definition) is 16. The van der Waals surface area contributed by atoms with Crippen molar-refractivity contribution in [1.29, 1.82) is 0 Å². The van der Waals surface area contributed by atoms with Crippen LogP contribution in [0.1, 0.15) is 203 Å². The molecule has 4 aromatic carbocycles. The number of nitrogens with two attached hydrogens (primary N) is 1. The molecule has 2 aliphatic carbocycles. The Bertz CT molecular complexity index is 3930. The zero-order valence-corrected chi connectivity index (χ0v) is 59.9. The van der Waals surface area contributed by atoms with Crippen LogP contribution in [0.15, 0.2) is 84.9 Å². The van der Waals surface area contributed by atoms with Crippen LogP contribution >= 0.6 is 0 Å². The number of carbonyl (C=O) groups is 6. The van der Waals surface area contributed by atoms with Crippen LogP contribution in [0.3, 0.4) is 0 Å². The maximum atomic E-state index is 13.3. The second-order valence-electron chi connectivity index (χ2n) is 26.5. The number of hydrogen-bond donors (Lipinski definition) is 4. The highest BCUT2D eigenvalue weighted by molar-refractivity contribution is 7.87. The third kappa shape index (κ3) is 24.4. The molecule has 0 atom stereocenters. The number of ether oxygens (including phenoxy) is 6. The Morgan fingerprint density at radius 2 is 1.01 bits per heavy atom. The smallest absolute Gasteiger partial charge is 0.407 e. The molecule has 2 amide bonds. The van der Waals surface area contributed by atoms with Crippen molar-refractivity contribution in [3.63, 3.8) is 0 Å². The van der Waals surface area contributed by atoms with E-state index in [1.54, 1.807) is 45.0 Å². The van der Waals surface area contributed by atoms with Gasteiger partial charge in [0.25, 0.3) is 16.1 Å². The van der Waals surface area contributed by atoms with Gasteiger partial charge in [0.05, 0.1) is 31.2 Å². The van der Waals surface area contributed by atoms with Gasteiger partial charge >= 0.3 is 40.2 Å². The highest BCUT2D eigenvalue weighted by Crippen LogP contribution is 2.48. The second-order valence-corrected chi connectivity index (χ2v) is 29.9. The fraction of sp³-hybridized carbons (Fsp3) is 0.534. The van der Waals surface area contributed by atoms with E-state index < -0.39 is 61.5 Å². The fourth-order valence-corrected chi connectivity index (χ4v) is 13.3. The number of esters is 3. The molecular weight excluding hydrogens is 1310 g/mol. The summed E-state index contributed by atoms with van der Waals surface area (Å²) in [6, 6.07) is 25.9. The average Bonchev–Trinajstić information content (AvgIpc) is 1.60. The molecule has 0 saturated heterocycles. The molecule has 2 saturated carbocycles. The molecule has 26 heteroatoms. The summed E-state index contributed by atoms with van der Waals surface area (Å²) < 4.78 is 87.9. The number of amides is 2.